The predicted molar refractivity (Wildman–Crippen MR) is 106 cm³/mol. The maximum atomic E-state index is 12.7. The van der Waals surface area contributed by atoms with Gasteiger partial charge in [-0.3, -0.25) is 9.59 Å². The van der Waals surface area contributed by atoms with Gasteiger partial charge in [-0.2, -0.15) is 0 Å². The summed E-state index contributed by atoms with van der Waals surface area (Å²) in [6.07, 6.45) is 1.48. The highest BCUT2D eigenvalue weighted by molar-refractivity contribution is 5.95. The van der Waals surface area contributed by atoms with E-state index in [-0.39, 0.29) is 30.4 Å². The van der Waals surface area contributed by atoms with Gasteiger partial charge in [0.25, 0.3) is 0 Å². The van der Waals surface area contributed by atoms with Crippen molar-refractivity contribution in [1.29, 1.82) is 0 Å². The predicted octanol–water partition coefficient (Wildman–Crippen LogP) is 2.25. The Morgan fingerprint density at radius 1 is 1.07 bits per heavy atom. The average molecular weight is 366 g/mol. The highest BCUT2D eigenvalue weighted by Gasteiger charge is 2.32. The van der Waals surface area contributed by atoms with Crippen molar-refractivity contribution in [3.05, 3.63) is 65.7 Å². The Bertz CT molecular complexity index is 794. The van der Waals surface area contributed by atoms with Crippen LogP contribution >= 0.6 is 0 Å². The summed E-state index contributed by atoms with van der Waals surface area (Å²) in [5, 5.41) is 2.90. The molecular formula is C21H26N4O2. The van der Waals surface area contributed by atoms with Gasteiger partial charge in [0.2, 0.25) is 11.8 Å². The van der Waals surface area contributed by atoms with Crippen LogP contribution in [-0.2, 0) is 16.0 Å². The number of rotatable bonds is 6. The van der Waals surface area contributed by atoms with E-state index in [1.807, 2.05) is 61.5 Å². The number of benzene rings is 2. The molecule has 0 radical (unpaired) electrons. The highest BCUT2D eigenvalue weighted by atomic mass is 16.2. The summed E-state index contributed by atoms with van der Waals surface area (Å²) in [7, 11) is 1.66. The lowest BCUT2D eigenvalue weighted by Crippen LogP contribution is -2.46. The van der Waals surface area contributed by atoms with E-state index in [9.17, 15) is 9.59 Å². The molecule has 0 saturated carbocycles. The van der Waals surface area contributed by atoms with Crippen LogP contribution in [0.1, 0.15) is 30.5 Å². The van der Waals surface area contributed by atoms with Gasteiger partial charge in [0, 0.05) is 18.8 Å². The molecule has 2 atom stereocenters. The average Bonchev–Trinajstić information content (AvgIpc) is 3.18. The number of anilines is 1. The minimum Gasteiger partial charge on any atom is -0.335 e. The first kappa shape index (κ1) is 19.1. The maximum Gasteiger partial charge on any atom is 0.243 e. The number of hydrogen-bond acceptors (Lipinski definition) is 4. The van der Waals surface area contributed by atoms with Crippen LogP contribution < -0.4 is 16.2 Å². The van der Waals surface area contributed by atoms with E-state index in [2.05, 4.69) is 16.2 Å². The molecule has 2 aromatic rings. The Labute approximate surface area is 159 Å². The van der Waals surface area contributed by atoms with Crippen molar-refractivity contribution in [2.24, 2.45) is 0 Å². The van der Waals surface area contributed by atoms with Crippen LogP contribution in [-0.4, -0.2) is 36.3 Å². The first-order valence-electron chi connectivity index (χ1n) is 9.27. The van der Waals surface area contributed by atoms with E-state index in [0.29, 0.717) is 6.42 Å². The lowest BCUT2D eigenvalue weighted by Gasteiger charge is -2.20. The Kier molecular flexibility index (Phi) is 6.21. The van der Waals surface area contributed by atoms with Crippen LogP contribution in [0.5, 0.6) is 0 Å². The number of para-hydroxylation sites is 1. The molecule has 1 saturated heterocycles. The molecule has 0 aliphatic carbocycles. The number of amides is 2. The van der Waals surface area contributed by atoms with E-state index in [0.717, 1.165) is 23.2 Å². The Morgan fingerprint density at radius 3 is 2.52 bits per heavy atom. The van der Waals surface area contributed by atoms with Crippen LogP contribution in [0, 0.1) is 0 Å². The molecule has 0 aromatic heterocycles. The van der Waals surface area contributed by atoms with Crippen LogP contribution in [0.25, 0.3) is 0 Å². The largest absolute Gasteiger partial charge is 0.335 e. The molecule has 1 fully saturated rings. The summed E-state index contributed by atoms with van der Waals surface area (Å²) in [4.78, 5) is 26.5. The Hall–Kier alpha value is -2.70. The van der Waals surface area contributed by atoms with Gasteiger partial charge < -0.3 is 10.2 Å². The molecule has 6 nitrogen and oxygen atoms in total. The minimum absolute atomic E-state index is 0.0189. The summed E-state index contributed by atoms with van der Waals surface area (Å²) in [5.41, 5.74) is 9.24. The van der Waals surface area contributed by atoms with Gasteiger partial charge in [0.05, 0.1) is 6.54 Å². The van der Waals surface area contributed by atoms with Gasteiger partial charge in [-0.25, -0.2) is 10.9 Å². The van der Waals surface area contributed by atoms with Crippen molar-refractivity contribution in [2.45, 2.75) is 31.8 Å². The van der Waals surface area contributed by atoms with Gasteiger partial charge >= 0.3 is 0 Å². The molecule has 2 unspecified atom stereocenters. The molecule has 142 valence electrons. The lowest BCUT2D eigenvalue weighted by atomic mass is 10.0. The zero-order valence-corrected chi connectivity index (χ0v) is 15.7. The first-order valence-corrected chi connectivity index (χ1v) is 9.27. The third-order valence-corrected chi connectivity index (χ3v) is 4.83. The number of aryl methyl sites for hydroxylation is 1. The second-order valence-electron chi connectivity index (χ2n) is 6.79. The van der Waals surface area contributed by atoms with Crippen LogP contribution in [0.15, 0.2) is 54.6 Å². The third kappa shape index (κ3) is 4.72. The summed E-state index contributed by atoms with van der Waals surface area (Å²) in [6.45, 7) is 2.06. The maximum absolute atomic E-state index is 12.7. The summed E-state index contributed by atoms with van der Waals surface area (Å²) in [5.74, 6) is -0.294. The monoisotopic (exact) mass is 366 g/mol. The van der Waals surface area contributed by atoms with E-state index in [1.54, 1.807) is 7.05 Å². The summed E-state index contributed by atoms with van der Waals surface area (Å²) in [6, 6.07) is 17.4. The zero-order valence-electron chi connectivity index (χ0n) is 15.7. The van der Waals surface area contributed by atoms with Crippen molar-refractivity contribution < 1.29 is 9.59 Å². The molecule has 0 bridgehead atoms. The van der Waals surface area contributed by atoms with Gasteiger partial charge in [0.1, 0.15) is 6.04 Å². The van der Waals surface area contributed by atoms with Gasteiger partial charge in [-0.05, 0) is 30.0 Å². The lowest BCUT2D eigenvalue weighted by molar-refractivity contribution is -0.134. The summed E-state index contributed by atoms with van der Waals surface area (Å²) < 4.78 is 0. The molecular weight excluding hydrogens is 340 g/mol. The molecule has 3 rings (SSSR count). The third-order valence-electron chi connectivity index (χ3n) is 4.83. The van der Waals surface area contributed by atoms with E-state index in [4.69, 9.17) is 0 Å². The van der Waals surface area contributed by atoms with Crippen LogP contribution in [0.2, 0.25) is 0 Å². The van der Waals surface area contributed by atoms with E-state index in [1.165, 1.54) is 4.90 Å². The van der Waals surface area contributed by atoms with Gasteiger partial charge in [0.15, 0.2) is 0 Å². The minimum atomic E-state index is -0.351. The highest BCUT2D eigenvalue weighted by Crippen LogP contribution is 2.22. The smallest absolute Gasteiger partial charge is 0.243 e. The topological polar surface area (TPSA) is 73.5 Å². The molecule has 0 spiro atoms. The SMILES string of the molecule is CCc1ccccc1NC(=O)CN(C)C(=O)C1CC(c2ccccc2)NN1. The molecule has 1 aliphatic rings. The molecule has 3 N–H and O–H groups in total. The quantitative estimate of drug-likeness (QED) is 0.733. The first-order chi connectivity index (χ1) is 13.1. The molecule has 1 heterocycles. The molecule has 27 heavy (non-hydrogen) atoms. The number of nitrogens with zero attached hydrogens (tertiary/aromatic N) is 1. The van der Waals surface area contributed by atoms with Crippen LogP contribution in [0.3, 0.4) is 0 Å². The standard InChI is InChI=1S/C21H26N4O2/c1-3-15-9-7-8-12-17(15)22-20(26)14-25(2)21(27)19-13-18(23-24-19)16-10-5-4-6-11-16/h4-12,18-19,23-24H,3,13-14H2,1-2H3,(H,22,26). The van der Waals surface area contributed by atoms with Crippen molar-refractivity contribution in [1.82, 2.24) is 15.8 Å². The van der Waals surface area contributed by atoms with Gasteiger partial charge in [-0.15, -0.1) is 0 Å². The van der Waals surface area contributed by atoms with E-state index < -0.39 is 0 Å². The Balaban J connectivity index is 1.54. The van der Waals surface area contributed by atoms with Gasteiger partial charge in [-0.1, -0.05) is 55.5 Å². The van der Waals surface area contributed by atoms with Crippen molar-refractivity contribution >= 4 is 17.5 Å². The number of likely N-dealkylation sites (N-methyl/N-ethyl adjacent to an activating group) is 1. The fourth-order valence-corrected chi connectivity index (χ4v) is 3.32. The number of carbonyl (C=O) groups is 2. The fourth-order valence-electron chi connectivity index (χ4n) is 3.32. The van der Waals surface area contributed by atoms with Crippen molar-refractivity contribution in [3.8, 4) is 0 Å². The normalized spacial score (nSPS) is 18.9. The summed E-state index contributed by atoms with van der Waals surface area (Å²) >= 11 is 0. The number of hydrogen-bond donors (Lipinski definition) is 3. The molecule has 2 aromatic carbocycles. The van der Waals surface area contributed by atoms with Crippen molar-refractivity contribution in [3.63, 3.8) is 0 Å². The second kappa shape index (κ2) is 8.79. The number of hydrazine groups is 1. The Morgan fingerprint density at radius 2 is 1.78 bits per heavy atom. The molecule has 1 aliphatic heterocycles. The number of nitrogens with one attached hydrogen (secondary N) is 3. The van der Waals surface area contributed by atoms with Crippen molar-refractivity contribution in [2.75, 3.05) is 18.9 Å². The zero-order chi connectivity index (χ0) is 19.2. The molecule has 6 heteroatoms. The molecule has 2 amide bonds. The second-order valence-corrected chi connectivity index (χ2v) is 6.79. The number of carbonyl (C=O) groups excluding carboxylic acids is 2. The fraction of sp³-hybridized carbons (Fsp3) is 0.333. The van der Waals surface area contributed by atoms with E-state index >= 15 is 0 Å². The van der Waals surface area contributed by atoms with Crippen LogP contribution in [0.4, 0.5) is 5.69 Å².